The Morgan fingerprint density at radius 2 is 0.840 bits per heavy atom. The second-order valence-electron chi connectivity index (χ2n) is 17.7. The molecule has 8 bridgehead atoms. The number of fused-ring (bicyclic) bond motifs is 20. The zero-order valence-corrected chi connectivity index (χ0v) is 29.4. The molecule has 5 aliphatic heterocycles. The second-order valence-corrected chi connectivity index (χ2v) is 17.7. The summed E-state index contributed by atoms with van der Waals surface area (Å²) in [7, 11) is 0. The zero-order chi connectivity index (χ0) is 33.3. The van der Waals surface area contributed by atoms with E-state index in [0.29, 0.717) is 54.3 Å². The number of hydrogen-bond acceptors (Lipinski definition) is 10. The summed E-state index contributed by atoms with van der Waals surface area (Å²) >= 11 is 0. The van der Waals surface area contributed by atoms with Crippen LogP contribution in [0.3, 0.4) is 0 Å². The van der Waals surface area contributed by atoms with Crippen molar-refractivity contribution in [1.29, 1.82) is 0 Å². The van der Waals surface area contributed by atoms with Crippen LogP contribution in [0.5, 0.6) is 5.75 Å². The Kier molecular flexibility index (Phi) is 8.88. The summed E-state index contributed by atoms with van der Waals surface area (Å²) < 4.78 is 6.78. The molecule has 11 heteroatoms. The minimum atomic E-state index is -0.742. The molecule has 9 aliphatic rings. The lowest BCUT2D eigenvalue weighted by molar-refractivity contribution is -0.149. The Balaban J connectivity index is 1.01. The van der Waals surface area contributed by atoms with Gasteiger partial charge < -0.3 is 9.84 Å². The van der Waals surface area contributed by atoms with Gasteiger partial charge in [-0.05, 0) is 105 Å². The number of carboxylic acids is 1. The van der Waals surface area contributed by atoms with E-state index in [1.54, 1.807) is 0 Å². The van der Waals surface area contributed by atoms with Crippen LogP contribution in [0.15, 0.2) is 30.3 Å². The minimum absolute atomic E-state index is 0.00671. The quantitative estimate of drug-likeness (QED) is 0.232. The third-order valence-corrected chi connectivity index (χ3v) is 15.3. The topological polar surface area (TPSA) is 143 Å². The molecule has 274 valence electrons. The molecule has 4 saturated carbocycles. The van der Waals surface area contributed by atoms with Gasteiger partial charge in [0.25, 0.3) is 0 Å². The smallest absolute Gasteiger partial charge is 0.310 e. The first kappa shape index (κ1) is 32.8. The summed E-state index contributed by atoms with van der Waals surface area (Å²) in [6.07, 6.45) is 18.1. The first-order valence-electron chi connectivity index (χ1n) is 20.6. The summed E-state index contributed by atoms with van der Waals surface area (Å²) in [5.41, 5.74) is 0. The SMILES string of the molecule is O=C(O)C1CCC2C3NC4NC(NC5NC(NC6NC(NC(N3)C2C1Oc1ccccc1)C1CCCCC61)C1CCCCC51)C1CCCCC41. The van der Waals surface area contributed by atoms with Crippen LogP contribution in [-0.4, -0.2) is 66.5 Å². The van der Waals surface area contributed by atoms with Crippen LogP contribution in [0.1, 0.15) is 89.9 Å². The highest BCUT2D eigenvalue weighted by Crippen LogP contribution is 2.47. The first-order valence-corrected chi connectivity index (χ1v) is 20.6. The zero-order valence-electron chi connectivity index (χ0n) is 29.4. The minimum Gasteiger partial charge on any atom is -0.489 e. The van der Waals surface area contributed by atoms with Crippen LogP contribution < -0.4 is 47.3 Å². The lowest BCUT2D eigenvalue weighted by Crippen LogP contribution is -2.62. The van der Waals surface area contributed by atoms with Gasteiger partial charge in [0.05, 0.1) is 55.2 Å². The van der Waals surface area contributed by atoms with Crippen LogP contribution in [0.2, 0.25) is 0 Å². The first-order chi connectivity index (χ1) is 24.6. The summed E-state index contributed by atoms with van der Waals surface area (Å²) in [6.45, 7) is 0. The predicted molar refractivity (Wildman–Crippen MR) is 190 cm³/mol. The maximum atomic E-state index is 12.9. The highest BCUT2D eigenvalue weighted by Gasteiger charge is 2.58. The Labute approximate surface area is 297 Å². The van der Waals surface area contributed by atoms with Crippen molar-refractivity contribution in [1.82, 2.24) is 42.5 Å². The van der Waals surface area contributed by atoms with Gasteiger partial charge in [0.15, 0.2) is 0 Å². The van der Waals surface area contributed by atoms with Gasteiger partial charge in [-0.15, -0.1) is 0 Å². The van der Waals surface area contributed by atoms with E-state index in [1.165, 1.54) is 77.0 Å². The second kappa shape index (κ2) is 13.5. The molecule has 9 N–H and O–H groups in total. The molecule has 18 atom stereocenters. The van der Waals surface area contributed by atoms with E-state index in [1.807, 2.05) is 30.3 Å². The third-order valence-electron chi connectivity index (χ3n) is 15.3. The molecule has 0 spiro atoms. The molecule has 0 aromatic heterocycles. The van der Waals surface area contributed by atoms with E-state index in [-0.39, 0.29) is 48.8 Å². The van der Waals surface area contributed by atoms with E-state index in [2.05, 4.69) is 42.5 Å². The van der Waals surface area contributed by atoms with Gasteiger partial charge in [0.1, 0.15) is 11.9 Å². The van der Waals surface area contributed by atoms with Crippen molar-refractivity contribution in [2.24, 2.45) is 53.3 Å². The van der Waals surface area contributed by atoms with E-state index < -0.39 is 18.0 Å². The molecule has 9 fully saturated rings. The van der Waals surface area contributed by atoms with Gasteiger partial charge in [0.2, 0.25) is 0 Å². The number of carboxylic acid groups (broad SMARTS) is 1. The van der Waals surface area contributed by atoms with Crippen LogP contribution in [0, 0.1) is 53.3 Å². The van der Waals surface area contributed by atoms with Crippen LogP contribution in [0.25, 0.3) is 0 Å². The van der Waals surface area contributed by atoms with Crippen molar-refractivity contribution in [3.8, 4) is 5.75 Å². The van der Waals surface area contributed by atoms with Crippen molar-refractivity contribution in [2.45, 2.75) is 145 Å². The van der Waals surface area contributed by atoms with Crippen LogP contribution in [-0.2, 0) is 4.79 Å². The van der Waals surface area contributed by atoms with Gasteiger partial charge >= 0.3 is 5.97 Å². The number of carbonyl (C=O) groups is 1. The largest absolute Gasteiger partial charge is 0.489 e. The van der Waals surface area contributed by atoms with Crippen molar-refractivity contribution in [3.63, 3.8) is 0 Å². The van der Waals surface area contributed by atoms with E-state index >= 15 is 0 Å². The van der Waals surface area contributed by atoms with E-state index in [0.717, 1.165) is 12.2 Å². The number of benzene rings is 1. The molecule has 0 amide bonds. The van der Waals surface area contributed by atoms with E-state index in [9.17, 15) is 9.90 Å². The Bertz CT molecular complexity index is 1370. The average Bonchev–Trinajstić information content (AvgIpc) is 3.88. The van der Waals surface area contributed by atoms with Gasteiger partial charge in [-0.2, -0.15) is 0 Å². The molecule has 11 nitrogen and oxygen atoms in total. The molecular formula is C39H60N8O3. The van der Waals surface area contributed by atoms with Gasteiger partial charge in [-0.25, -0.2) is 0 Å². The molecule has 0 radical (unpaired) electrons. The van der Waals surface area contributed by atoms with Crippen molar-refractivity contribution < 1.29 is 14.6 Å². The molecule has 5 saturated heterocycles. The van der Waals surface area contributed by atoms with Crippen molar-refractivity contribution in [3.05, 3.63) is 30.3 Å². The van der Waals surface area contributed by atoms with Crippen molar-refractivity contribution in [2.75, 3.05) is 0 Å². The monoisotopic (exact) mass is 688 g/mol. The molecule has 4 aliphatic carbocycles. The Morgan fingerprint density at radius 1 is 0.480 bits per heavy atom. The summed E-state index contributed by atoms with van der Waals surface area (Å²) in [6, 6.07) is 9.91. The maximum absolute atomic E-state index is 12.9. The van der Waals surface area contributed by atoms with Crippen molar-refractivity contribution >= 4 is 5.97 Å². The standard InChI is InChI=1S/C39H60N8O3/c48-39(49)28-19-18-27-29(30(28)50-20-10-2-1-3-11-20)38-46-36-26-17-9-8-16-25(26)34(44-36)42-32-22-13-5-4-12-21(22)31(40-32)41-33-23-14-6-7-15-24(23)35(43-33)45-37(27)47-38/h1-3,10-11,21-38,40-47H,4-9,12-19H2,(H,48,49). The molecule has 50 heavy (non-hydrogen) atoms. The number of para-hydroxylation sites is 1. The Morgan fingerprint density at radius 3 is 1.22 bits per heavy atom. The predicted octanol–water partition coefficient (Wildman–Crippen LogP) is 2.97. The Hall–Kier alpha value is -1.83. The molecule has 5 heterocycles. The summed E-state index contributed by atoms with van der Waals surface area (Å²) in [5, 5.41) is 43.9. The molecule has 1 aromatic carbocycles. The maximum Gasteiger partial charge on any atom is 0.310 e. The number of nitrogens with one attached hydrogen (secondary N) is 8. The number of rotatable bonds is 3. The lowest BCUT2D eigenvalue weighted by Gasteiger charge is -2.42. The fourth-order valence-electron chi connectivity index (χ4n) is 13.1. The van der Waals surface area contributed by atoms with Crippen LogP contribution in [0.4, 0.5) is 0 Å². The highest BCUT2D eigenvalue weighted by molar-refractivity contribution is 5.71. The van der Waals surface area contributed by atoms with Crippen LogP contribution >= 0.6 is 0 Å². The normalized spacial score (nSPS) is 51.2. The molecular weight excluding hydrogens is 628 g/mol. The molecule has 1 aromatic rings. The average molecular weight is 689 g/mol. The fourth-order valence-corrected chi connectivity index (χ4v) is 13.1. The highest BCUT2D eigenvalue weighted by atomic mass is 16.5. The lowest BCUT2D eigenvalue weighted by atomic mass is 9.71. The third kappa shape index (κ3) is 5.73. The molecule has 18 unspecified atom stereocenters. The molecule has 10 rings (SSSR count). The number of ether oxygens (including phenoxy) is 1. The van der Waals surface area contributed by atoms with Gasteiger partial charge in [-0.3, -0.25) is 47.3 Å². The fraction of sp³-hybridized carbons (Fsp3) is 0.821. The van der Waals surface area contributed by atoms with Gasteiger partial charge in [-0.1, -0.05) is 56.7 Å². The van der Waals surface area contributed by atoms with Gasteiger partial charge in [0, 0.05) is 5.92 Å². The number of hydrogen-bond donors (Lipinski definition) is 9. The van der Waals surface area contributed by atoms with E-state index in [4.69, 9.17) is 4.74 Å². The number of aliphatic carboxylic acids is 1. The summed E-state index contributed by atoms with van der Waals surface area (Å²) in [5.74, 6) is 3.34. The summed E-state index contributed by atoms with van der Waals surface area (Å²) in [4.78, 5) is 12.9.